The van der Waals surface area contributed by atoms with E-state index < -0.39 is 15.9 Å². The highest BCUT2D eigenvalue weighted by atomic mass is 32.2. The van der Waals surface area contributed by atoms with Crippen LogP contribution in [-0.4, -0.2) is 30.7 Å². The zero-order chi connectivity index (χ0) is 21.3. The Kier molecular flexibility index (Phi) is 5.13. The number of halogens is 1. The molecule has 0 saturated heterocycles. The summed E-state index contributed by atoms with van der Waals surface area (Å²) in [6.45, 7) is 0.392. The molecule has 154 valence electrons. The van der Waals surface area contributed by atoms with E-state index in [0.717, 1.165) is 9.54 Å². The van der Waals surface area contributed by atoms with Crippen LogP contribution in [0.3, 0.4) is 0 Å². The number of aryl methyl sites for hydroxylation is 1. The lowest BCUT2D eigenvalue weighted by Gasteiger charge is -2.10. The molecule has 0 radical (unpaired) electrons. The highest BCUT2D eigenvalue weighted by Gasteiger charge is 2.30. The number of benzene rings is 2. The van der Waals surface area contributed by atoms with E-state index >= 15 is 0 Å². The lowest BCUT2D eigenvalue weighted by molar-refractivity contribution is 0.0951. The zero-order valence-corrected chi connectivity index (χ0v) is 16.6. The number of carbonyl (C=O) groups excluding carboxylic acids is 2. The minimum absolute atomic E-state index is 0.00186. The summed E-state index contributed by atoms with van der Waals surface area (Å²) in [5.74, 6) is -1.25. The van der Waals surface area contributed by atoms with E-state index in [1.165, 1.54) is 48.7 Å². The molecule has 9 heteroatoms. The van der Waals surface area contributed by atoms with Crippen molar-refractivity contribution in [1.82, 2.24) is 9.29 Å². The normalized spacial score (nSPS) is 14.2. The van der Waals surface area contributed by atoms with Gasteiger partial charge in [-0.15, -0.1) is 0 Å². The molecule has 2 amide bonds. The van der Waals surface area contributed by atoms with Crippen LogP contribution in [0.1, 0.15) is 32.8 Å². The average molecular weight is 427 g/mol. The van der Waals surface area contributed by atoms with E-state index in [1.807, 2.05) is 0 Å². The first-order valence-corrected chi connectivity index (χ1v) is 10.7. The number of hydrogen-bond donors (Lipinski definition) is 2. The van der Waals surface area contributed by atoms with Crippen molar-refractivity contribution in [3.05, 3.63) is 83.4 Å². The van der Waals surface area contributed by atoms with Crippen LogP contribution >= 0.6 is 0 Å². The molecule has 1 aliphatic rings. The van der Waals surface area contributed by atoms with Gasteiger partial charge in [-0.1, -0.05) is 12.1 Å². The molecule has 0 saturated carbocycles. The maximum atomic E-state index is 12.9. The largest absolute Gasteiger partial charge is 0.352 e. The van der Waals surface area contributed by atoms with Gasteiger partial charge in [0, 0.05) is 18.3 Å². The second kappa shape index (κ2) is 7.75. The summed E-state index contributed by atoms with van der Waals surface area (Å²) in [6, 6.07) is 13.1. The van der Waals surface area contributed by atoms with E-state index in [2.05, 4.69) is 10.6 Å². The summed E-state index contributed by atoms with van der Waals surface area (Å²) in [4.78, 5) is 24.7. The molecule has 0 atom stereocenters. The van der Waals surface area contributed by atoms with Gasteiger partial charge in [0.2, 0.25) is 0 Å². The molecule has 2 aromatic carbocycles. The number of aromatic nitrogens is 1. The minimum atomic E-state index is -3.95. The molecule has 1 aliphatic heterocycles. The minimum Gasteiger partial charge on any atom is -0.352 e. The first-order valence-electron chi connectivity index (χ1n) is 9.27. The van der Waals surface area contributed by atoms with Gasteiger partial charge in [-0.05, 0) is 60.9 Å². The van der Waals surface area contributed by atoms with Gasteiger partial charge in [0.15, 0.2) is 0 Å². The Hall–Kier alpha value is -3.46. The van der Waals surface area contributed by atoms with Crippen LogP contribution in [0.15, 0.2) is 65.7 Å². The van der Waals surface area contributed by atoms with Crippen molar-refractivity contribution >= 4 is 27.5 Å². The van der Waals surface area contributed by atoms with Gasteiger partial charge in [0.05, 0.1) is 5.69 Å². The molecule has 4 rings (SSSR count). The Morgan fingerprint density at radius 3 is 2.63 bits per heavy atom. The number of nitrogens with one attached hydrogen (secondary N) is 2. The summed E-state index contributed by atoms with van der Waals surface area (Å²) in [6.07, 6.45) is 2.64. The van der Waals surface area contributed by atoms with Crippen LogP contribution in [0.4, 0.5) is 10.1 Å². The molecular formula is C21H18FN3O4S. The van der Waals surface area contributed by atoms with Gasteiger partial charge in [0.1, 0.15) is 16.4 Å². The van der Waals surface area contributed by atoms with Crippen molar-refractivity contribution in [2.45, 2.75) is 17.7 Å². The molecule has 3 aromatic rings. The molecule has 1 aromatic heterocycles. The highest BCUT2D eigenvalue weighted by molar-refractivity contribution is 7.90. The second-order valence-corrected chi connectivity index (χ2v) is 8.63. The number of rotatable bonds is 5. The monoisotopic (exact) mass is 427 g/mol. The Morgan fingerprint density at radius 2 is 1.87 bits per heavy atom. The van der Waals surface area contributed by atoms with Gasteiger partial charge in [-0.3, -0.25) is 9.59 Å². The number of nitrogens with zero attached hydrogens (tertiary/aromatic N) is 1. The first-order chi connectivity index (χ1) is 14.4. The molecule has 0 aliphatic carbocycles. The van der Waals surface area contributed by atoms with Crippen LogP contribution < -0.4 is 10.6 Å². The summed E-state index contributed by atoms with van der Waals surface area (Å²) in [7, 11) is -3.95. The molecule has 7 nitrogen and oxygen atoms in total. The Bertz CT molecular complexity index is 1230. The van der Waals surface area contributed by atoms with Crippen molar-refractivity contribution in [3.63, 3.8) is 0 Å². The number of anilines is 1. The van der Waals surface area contributed by atoms with Crippen LogP contribution in [0, 0.1) is 5.82 Å². The Balaban J connectivity index is 1.46. The Labute approximate surface area is 172 Å². The van der Waals surface area contributed by atoms with Crippen molar-refractivity contribution in [2.75, 3.05) is 11.9 Å². The molecule has 0 bridgehead atoms. The van der Waals surface area contributed by atoms with Gasteiger partial charge < -0.3 is 10.6 Å². The zero-order valence-electron chi connectivity index (χ0n) is 15.8. The number of carbonyl (C=O) groups is 2. The van der Waals surface area contributed by atoms with E-state index in [1.54, 1.807) is 12.1 Å². The van der Waals surface area contributed by atoms with Crippen LogP contribution in [-0.2, 0) is 16.4 Å². The topological polar surface area (TPSA) is 97.3 Å². The van der Waals surface area contributed by atoms with E-state index in [9.17, 15) is 22.4 Å². The molecule has 2 N–H and O–H groups in total. The van der Waals surface area contributed by atoms with Crippen molar-refractivity contribution in [3.8, 4) is 0 Å². The summed E-state index contributed by atoms with van der Waals surface area (Å²) in [5, 5.41) is 5.33. The quantitative estimate of drug-likeness (QED) is 0.612. The predicted molar refractivity (Wildman–Crippen MR) is 108 cm³/mol. The average Bonchev–Trinajstić information content (AvgIpc) is 3.21. The van der Waals surface area contributed by atoms with Gasteiger partial charge in [-0.2, -0.15) is 0 Å². The molecular weight excluding hydrogens is 409 g/mol. The van der Waals surface area contributed by atoms with E-state index in [0.29, 0.717) is 19.4 Å². The third-order valence-corrected chi connectivity index (χ3v) is 6.56. The maximum absolute atomic E-state index is 12.9. The van der Waals surface area contributed by atoms with E-state index in [-0.39, 0.29) is 33.6 Å². The molecule has 2 heterocycles. The first kappa shape index (κ1) is 19.8. The second-order valence-electron chi connectivity index (χ2n) is 6.85. The standard InChI is InChI=1S/C21H18FN3O4S/c22-16-8-5-14(6-9-16)3-1-11-23-20(26)15-7-10-19-17(13-15)24-21(27)18-4-2-12-25(18)30(19,28)29/h2,4-10,12-13H,1,3,11H2,(H,23,26)(H,24,27). The molecule has 30 heavy (non-hydrogen) atoms. The third kappa shape index (κ3) is 3.71. The highest BCUT2D eigenvalue weighted by Crippen LogP contribution is 2.29. The smallest absolute Gasteiger partial charge is 0.273 e. The van der Waals surface area contributed by atoms with Crippen LogP contribution in [0.25, 0.3) is 0 Å². The maximum Gasteiger partial charge on any atom is 0.273 e. The number of hydrogen-bond acceptors (Lipinski definition) is 4. The van der Waals surface area contributed by atoms with Crippen LogP contribution in [0.2, 0.25) is 0 Å². The number of fused-ring (bicyclic) bond motifs is 2. The lowest BCUT2D eigenvalue weighted by Crippen LogP contribution is -2.25. The van der Waals surface area contributed by atoms with Gasteiger partial charge in [-0.25, -0.2) is 16.8 Å². The van der Waals surface area contributed by atoms with Gasteiger partial charge >= 0.3 is 0 Å². The lowest BCUT2D eigenvalue weighted by atomic mass is 10.1. The molecule has 0 spiro atoms. The van der Waals surface area contributed by atoms with Crippen molar-refractivity contribution < 1.29 is 22.4 Å². The molecule has 0 fully saturated rings. The SMILES string of the molecule is O=C(NCCCc1ccc(F)cc1)c1ccc2c(c1)NC(=O)c1cccn1S2(=O)=O. The number of amides is 2. The Morgan fingerprint density at radius 1 is 1.10 bits per heavy atom. The van der Waals surface area contributed by atoms with Crippen molar-refractivity contribution in [2.24, 2.45) is 0 Å². The fourth-order valence-electron chi connectivity index (χ4n) is 3.29. The fraction of sp³-hybridized carbons (Fsp3) is 0.143. The molecule has 0 unspecified atom stereocenters. The fourth-order valence-corrected chi connectivity index (χ4v) is 4.76. The van der Waals surface area contributed by atoms with Gasteiger partial charge in [0.25, 0.3) is 21.8 Å². The van der Waals surface area contributed by atoms with Crippen LogP contribution in [0.5, 0.6) is 0 Å². The summed E-state index contributed by atoms with van der Waals surface area (Å²) in [5.41, 5.74) is 1.26. The summed E-state index contributed by atoms with van der Waals surface area (Å²) >= 11 is 0. The summed E-state index contributed by atoms with van der Waals surface area (Å²) < 4.78 is 39.5. The van der Waals surface area contributed by atoms with E-state index in [4.69, 9.17) is 0 Å². The third-order valence-electron chi connectivity index (χ3n) is 4.81. The van der Waals surface area contributed by atoms with Crippen molar-refractivity contribution in [1.29, 1.82) is 0 Å². The predicted octanol–water partition coefficient (Wildman–Crippen LogP) is 2.79.